The second-order valence-electron chi connectivity index (χ2n) is 4.24. The summed E-state index contributed by atoms with van der Waals surface area (Å²) in [7, 11) is 0. The van der Waals surface area contributed by atoms with Crippen LogP contribution in [0.15, 0.2) is 30.3 Å². The van der Waals surface area contributed by atoms with Gasteiger partial charge in [0, 0.05) is 17.3 Å². The van der Waals surface area contributed by atoms with Gasteiger partial charge in [-0.3, -0.25) is 9.59 Å². The second kappa shape index (κ2) is 5.48. The predicted octanol–water partition coefficient (Wildman–Crippen LogP) is 1.46. The molecular formula is C14H13NO5. The lowest BCUT2D eigenvalue weighted by atomic mass is 10.0. The average Bonchev–Trinajstić information content (AvgIpc) is 2.42. The second-order valence-corrected chi connectivity index (χ2v) is 4.24. The first-order chi connectivity index (χ1) is 9.50. The van der Waals surface area contributed by atoms with Gasteiger partial charge in [-0.15, -0.1) is 0 Å². The summed E-state index contributed by atoms with van der Waals surface area (Å²) in [5.74, 6) is -2.03. The van der Waals surface area contributed by atoms with Gasteiger partial charge in [0.25, 0.3) is 5.91 Å². The van der Waals surface area contributed by atoms with Crippen molar-refractivity contribution >= 4 is 22.6 Å². The van der Waals surface area contributed by atoms with Crippen LogP contribution in [0, 0.1) is 0 Å². The van der Waals surface area contributed by atoms with Gasteiger partial charge in [-0.25, -0.2) is 0 Å². The minimum absolute atomic E-state index is 0.0544. The molecule has 0 bridgehead atoms. The number of rotatable bonds is 4. The molecule has 6 nitrogen and oxygen atoms in total. The van der Waals surface area contributed by atoms with E-state index in [1.165, 1.54) is 0 Å². The van der Waals surface area contributed by atoms with Crippen LogP contribution in [0.5, 0.6) is 11.5 Å². The molecule has 6 heteroatoms. The van der Waals surface area contributed by atoms with Crippen LogP contribution < -0.4 is 5.32 Å². The number of carboxylic acid groups (broad SMARTS) is 1. The molecule has 0 aromatic heterocycles. The number of aromatic hydroxyl groups is 2. The van der Waals surface area contributed by atoms with Crippen LogP contribution in [-0.4, -0.2) is 33.7 Å². The molecule has 104 valence electrons. The van der Waals surface area contributed by atoms with E-state index in [1.54, 1.807) is 24.3 Å². The molecule has 0 heterocycles. The highest BCUT2D eigenvalue weighted by Crippen LogP contribution is 2.35. The van der Waals surface area contributed by atoms with E-state index in [-0.39, 0.29) is 30.0 Å². The van der Waals surface area contributed by atoms with E-state index >= 15 is 0 Å². The predicted molar refractivity (Wildman–Crippen MR) is 71.9 cm³/mol. The first kappa shape index (κ1) is 13.7. The molecule has 0 radical (unpaired) electrons. The van der Waals surface area contributed by atoms with Crippen molar-refractivity contribution in [2.45, 2.75) is 6.42 Å². The Kier molecular flexibility index (Phi) is 3.74. The Morgan fingerprint density at radius 3 is 2.40 bits per heavy atom. The van der Waals surface area contributed by atoms with E-state index in [2.05, 4.69) is 5.32 Å². The first-order valence-electron chi connectivity index (χ1n) is 5.94. The van der Waals surface area contributed by atoms with Gasteiger partial charge in [0.15, 0.2) is 0 Å². The van der Waals surface area contributed by atoms with E-state index < -0.39 is 11.9 Å². The van der Waals surface area contributed by atoms with Crippen molar-refractivity contribution in [2.24, 2.45) is 0 Å². The number of benzene rings is 2. The average molecular weight is 275 g/mol. The SMILES string of the molecule is O=C(O)CCNC(=O)c1cc(O)c2ccccc2c1O. The van der Waals surface area contributed by atoms with Crippen molar-refractivity contribution in [2.75, 3.05) is 6.54 Å². The fraction of sp³-hybridized carbons (Fsp3) is 0.143. The van der Waals surface area contributed by atoms with Gasteiger partial charge in [0.2, 0.25) is 0 Å². The Morgan fingerprint density at radius 1 is 1.10 bits per heavy atom. The molecule has 0 aliphatic rings. The lowest BCUT2D eigenvalue weighted by Gasteiger charge is -2.10. The van der Waals surface area contributed by atoms with Gasteiger partial charge in [-0.05, 0) is 6.07 Å². The van der Waals surface area contributed by atoms with Crippen LogP contribution in [0.2, 0.25) is 0 Å². The summed E-state index contributed by atoms with van der Waals surface area (Å²) in [6.45, 7) is -0.0544. The van der Waals surface area contributed by atoms with Crippen LogP contribution in [0.1, 0.15) is 16.8 Å². The number of nitrogens with one attached hydrogen (secondary N) is 1. The molecule has 0 spiro atoms. The number of amides is 1. The van der Waals surface area contributed by atoms with E-state index in [4.69, 9.17) is 5.11 Å². The summed E-state index contributed by atoms with van der Waals surface area (Å²) in [5.41, 5.74) is -0.0911. The molecule has 0 atom stereocenters. The third-order valence-corrected chi connectivity index (χ3v) is 2.86. The summed E-state index contributed by atoms with van der Waals surface area (Å²) in [6, 6.07) is 7.74. The summed E-state index contributed by atoms with van der Waals surface area (Å²) in [6.07, 6.45) is -0.216. The van der Waals surface area contributed by atoms with E-state index in [9.17, 15) is 19.8 Å². The highest BCUT2D eigenvalue weighted by atomic mass is 16.4. The number of carboxylic acids is 1. The maximum Gasteiger partial charge on any atom is 0.305 e. The molecule has 4 N–H and O–H groups in total. The van der Waals surface area contributed by atoms with E-state index in [0.29, 0.717) is 10.8 Å². The van der Waals surface area contributed by atoms with Gasteiger partial charge in [0.1, 0.15) is 11.5 Å². The third kappa shape index (κ3) is 2.64. The molecule has 0 aliphatic carbocycles. The van der Waals surface area contributed by atoms with E-state index in [1.807, 2.05) is 0 Å². The maximum absolute atomic E-state index is 11.9. The van der Waals surface area contributed by atoms with Crippen molar-refractivity contribution in [3.05, 3.63) is 35.9 Å². The molecule has 0 fully saturated rings. The molecule has 2 rings (SSSR count). The van der Waals surface area contributed by atoms with Crippen molar-refractivity contribution in [1.29, 1.82) is 0 Å². The zero-order chi connectivity index (χ0) is 14.7. The molecule has 20 heavy (non-hydrogen) atoms. The summed E-state index contributed by atoms with van der Waals surface area (Å²) < 4.78 is 0. The number of hydrogen-bond acceptors (Lipinski definition) is 4. The summed E-state index contributed by atoms with van der Waals surface area (Å²) >= 11 is 0. The van der Waals surface area contributed by atoms with E-state index in [0.717, 1.165) is 6.07 Å². The molecule has 0 saturated carbocycles. The summed E-state index contributed by atoms with van der Waals surface area (Å²) in [4.78, 5) is 22.2. The Morgan fingerprint density at radius 2 is 1.75 bits per heavy atom. The van der Waals surface area contributed by atoms with Crippen LogP contribution in [0.3, 0.4) is 0 Å². The highest BCUT2D eigenvalue weighted by Gasteiger charge is 2.16. The maximum atomic E-state index is 11.9. The van der Waals surface area contributed by atoms with Gasteiger partial charge >= 0.3 is 5.97 Å². The Bertz CT molecular complexity index is 681. The Labute approximate surface area is 114 Å². The van der Waals surface area contributed by atoms with Crippen molar-refractivity contribution in [3.8, 4) is 11.5 Å². The van der Waals surface area contributed by atoms with Crippen molar-refractivity contribution in [1.82, 2.24) is 5.32 Å². The quantitative estimate of drug-likeness (QED) is 0.632. The smallest absolute Gasteiger partial charge is 0.305 e. The minimum atomic E-state index is -1.03. The molecule has 0 aliphatic heterocycles. The Balaban J connectivity index is 2.32. The normalized spacial score (nSPS) is 10.4. The first-order valence-corrected chi connectivity index (χ1v) is 5.94. The number of fused-ring (bicyclic) bond motifs is 1. The topological polar surface area (TPSA) is 107 Å². The number of phenols is 2. The lowest BCUT2D eigenvalue weighted by Crippen LogP contribution is -2.26. The Hall–Kier alpha value is -2.76. The number of carbonyl (C=O) groups is 2. The monoisotopic (exact) mass is 275 g/mol. The van der Waals surface area contributed by atoms with Gasteiger partial charge in [-0.1, -0.05) is 24.3 Å². The minimum Gasteiger partial charge on any atom is -0.507 e. The van der Waals surface area contributed by atoms with Gasteiger partial charge in [-0.2, -0.15) is 0 Å². The number of aliphatic carboxylic acids is 1. The third-order valence-electron chi connectivity index (χ3n) is 2.86. The van der Waals surface area contributed by atoms with Crippen molar-refractivity contribution < 1.29 is 24.9 Å². The van der Waals surface area contributed by atoms with Gasteiger partial charge < -0.3 is 20.6 Å². The van der Waals surface area contributed by atoms with Crippen LogP contribution in [0.4, 0.5) is 0 Å². The fourth-order valence-corrected chi connectivity index (χ4v) is 1.89. The highest BCUT2D eigenvalue weighted by molar-refractivity contribution is 6.05. The standard InChI is InChI=1S/C14H13NO5/c16-11-7-10(14(20)15-6-5-12(17)18)13(19)9-4-2-1-3-8(9)11/h1-4,7,16,19H,5-6H2,(H,15,20)(H,17,18). The molecule has 1 amide bonds. The molecule has 0 unspecified atom stereocenters. The zero-order valence-electron chi connectivity index (χ0n) is 10.5. The lowest BCUT2D eigenvalue weighted by molar-refractivity contribution is -0.136. The fourth-order valence-electron chi connectivity index (χ4n) is 1.89. The molecule has 2 aromatic carbocycles. The molecule has 0 saturated heterocycles. The van der Waals surface area contributed by atoms with Crippen LogP contribution >= 0.6 is 0 Å². The van der Waals surface area contributed by atoms with Gasteiger partial charge in [0.05, 0.1) is 12.0 Å². The number of phenolic OH excluding ortho intramolecular Hbond substituents is 2. The largest absolute Gasteiger partial charge is 0.507 e. The van der Waals surface area contributed by atoms with Crippen LogP contribution in [0.25, 0.3) is 10.8 Å². The number of hydrogen-bond donors (Lipinski definition) is 4. The van der Waals surface area contributed by atoms with Crippen LogP contribution in [-0.2, 0) is 4.79 Å². The molecule has 2 aromatic rings. The van der Waals surface area contributed by atoms with Crippen molar-refractivity contribution in [3.63, 3.8) is 0 Å². The summed E-state index contributed by atoms with van der Waals surface area (Å²) in [5, 5.41) is 31.6. The number of carbonyl (C=O) groups excluding carboxylic acids is 1. The molecular weight excluding hydrogens is 262 g/mol. The zero-order valence-corrected chi connectivity index (χ0v) is 10.5.